The number of benzene rings is 1. The van der Waals surface area contributed by atoms with E-state index in [-0.39, 0.29) is 5.91 Å². The highest BCUT2D eigenvalue weighted by atomic mass is 16.2. The second-order valence-corrected chi connectivity index (χ2v) is 4.75. The largest absolute Gasteiger partial charge is 0.336 e. The molecule has 1 amide bonds. The van der Waals surface area contributed by atoms with Crippen molar-refractivity contribution in [2.45, 2.75) is 12.8 Å². The van der Waals surface area contributed by atoms with Gasteiger partial charge in [0.05, 0.1) is 0 Å². The van der Waals surface area contributed by atoms with E-state index in [1.807, 2.05) is 42.3 Å². The van der Waals surface area contributed by atoms with Crippen LogP contribution in [0.25, 0.3) is 11.4 Å². The van der Waals surface area contributed by atoms with Gasteiger partial charge < -0.3 is 4.90 Å². The summed E-state index contributed by atoms with van der Waals surface area (Å²) in [5.41, 5.74) is 0.970. The number of carbonyl (C=O) groups excluding carboxylic acids is 1. The third-order valence-electron chi connectivity index (χ3n) is 3.38. The van der Waals surface area contributed by atoms with Crippen LogP contribution in [0.1, 0.15) is 23.5 Å². The molecule has 0 saturated carbocycles. The molecule has 1 aliphatic rings. The highest BCUT2D eigenvalue weighted by Gasteiger charge is 2.24. The number of amides is 1. The molecule has 3 rings (SSSR count). The summed E-state index contributed by atoms with van der Waals surface area (Å²) in [6.45, 7) is 1.63. The van der Waals surface area contributed by atoms with Crippen molar-refractivity contribution in [3.63, 3.8) is 0 Å². The minimum Gasteiger partial charge on any atom is -0.336 e. The Hall–Kier alpha value is -2.17. The number of nitrogens with zero attached hydrogens (tertiary/aromatic N) is 4. The summed E-state index contributed by atoms with van der Waals surface area (Å²) in [5.74, 6) is 0.960. The monoisotopic (exact) mass is 256 g/mol. The molecule has 1 aromatic carbocycles. The van der Waals surface area contributed by atoms with E-state index in [4.69, 9.17) is 0 Å². The van der Waals surface area contributed by atoms with Gasteiger partial charge in [0, 0.05) is 25.7 Å². The van der Waals surface area contributed by atoms with Gasteiger partial charge in [-0.15, -0.1) is 5.10 Å². The van der Waals surface area contributed by atoms with Crippen molar-refractivity contribution in [1.29, 1.82) is 0 Å². The molecule has 1 fully saturated rings. The minimum absolute atomic E-state index is 0.0599. The molecule has 2 heterocycles. The molecule has 98 valence electrons. The van der Waals surface area contributed by atoms with Crippen LogP contribution in [0.15, 0.2) is 30.3 Å². The number of aryl methyl sites for hydroxylation is 1. The average Bonchev–Trinajstić information content (AvgIpc) is 3.08. The Morgan fingerprint density at radius 2 is 1.84 bits per heavy atom. The van der Waals surface area contributed by atoms with Crippen LogP contribution >= 0.6 is 0 Å². The smallest absolute Gasteiger partial charge is 0.293 e. The summed E-state index contributed by atoms with van der Waals surface area (Å²) in [6.07, 6.45) is 2.15. The highest BCUT2D eigenvalue weighted by Crippen LogP contribution is 2.17. The molecule has 0 radical (unpaired) electrons. The summed E-state index contributed by atoms with van der Waals surface area (Å²) in [5, 5.41) is 4.25. The maximum absolute atomic E-state index is 12.2. The lowest BCUT2D eigenvalue weighted by Crippen LogP contribution is -2.28. The predicted octanol–water partition coefficient (Wildman–Crippen LogP) is 1.72. The number of hydrogen-bond donors (Lipinski definition) is 0. The number of carbonyl (C=O) groups is 1. The van der Waals surface area contributed by atoms with E-state index in [0.717, 1.165) is 37.3 Å². The fraction of sp³-hybridized carbons (Fsp3) is 0.357. The van der Waals surface area contributed by atoms with Gasteiger partial charge in [0.15, 0.2) is 5.82 Å². The Kier molecular flexibility index (Phi) is 3.03. The highest BCUT2D eigenvalue weighted by molar-refractivity contribution is 5.91. The molecule has 2 aromatic rings. The minimum atomic E-state index is -0.0599. The molecule has 0 N–H and O–H groups in total. The van der Waals surface area contributed by atoms with Crippen molar-refractivity contribution in [2.24, 2.45) is 7.05 Å². The van der Waals surface area contributed by atoms with Gasteiger partial charge in [0.25, 0.3) is 5.91 Å². The Balaban J connectivity index is 1.91. The number of likely N-dealkylation sites (tertiary alicyclic amines) is 1. The number of rotatable bonds is 2. The molecule has 0 aliphatic carbocycles. The lowest BCUT2D eigenvalue weighted by Gasteiger charge is -2.11. The zero-order valence-electron chi connectivity index (χ0n) is 10.9. The Morgan fingerprint density at radius 3 is 2.53 bits per heavy atom. The van der Waals surface area contributed by atoms with Gasteiger partial charge in [-0.3, -0.25) is 4.79 Å². The Labute approximate surface area is 111 Å². The molecule has 0 bridgehead atoms. The molecule has 5 nitrogen and oxygen atoms in total. The van der Waals surface area contributed by atoms with Crippen LogP contribution < -0.4 is 0 Å². The van der Waals surface area contributed by atoms with Gasteiger partial charge in [0.2, 0.25) is 5.82 Å². The molecule has 0 unspecified atom stereocenters. The van der Waals surface area contributed by atoms with Crippen LogP contribution in [-0.2, 0) is 7.05 Å². The maximum atomic E-state index is 12.2. The van der Waals surface area contributed by atoms with Crippen LogP contribution in [0.4, 0.5) is 0 Å². The first kappa shape index (κ1) is 11.9. The Bertz CT molecular complexity index is 585. The summed E-state index contributed by atoms with van der Waals surface area (Å²) < 4.78 is 1.67. The molecule has 1 saturated heterocycles. The lowest BCUT2D eigenvalue weighted by molar-refractivity contribution is 0.0780. The summed E-state index contributed by atoms with van der Waals surface area (Å²) in [7, 11) is 1.82. The van der Waals surface area contributed by atoms with E-state index in [1.165, 1.54) is 0 Å². The molecular formula is C14H16N4O. The summed E-state index contributed by atoms with van der Waals surface area (Å²) in [4.78, 5) is 18.4. The Morgan fingerprint density at radius 1 is 1.16 bits per heavy atom. The predicted molar refractivity (Wildman–Crippen MR) is 71.6 cm³/mol. The third kappa shape index (κ3) is 2.23. The average molecular weight is 256 g/mol. The molecule has 0 spiro atoms. The van der Waals surface area contributed by atoms with Crippen LogP contribution in [-0.4, -0.2) is 38.7 Å². The normalized spacial score (nSPS) is 14.9. The molecule has 1 aliphatic heterocycles. The van der Waals surface area contributed by atoms with E-state index >= 15 is 0 Å². The topological polar surface area (TPSA) is 51.0 Å². The first-order valence-electron chi connectivity index (χ1n) is 6.51. The maximum Gasteiger partial charge on any atom is 0.293 e. The van der Waals surface area contributed by atoms with Gasteiger partial charge in [-0.05, 0) is 12.8 Å². The lowest BCUT2D eigenvalue weighted by atomic mass is 10.2. The van der Waals surface area contributed by atoms with Crippen LogP contribution in [0.2, 0.25) is 0 Å². The number of hydrogen-bond acceptors (Lipinski definition) is 3. The fourth-order valence-corrected chi connectivity index (χ4v) is 2.38. The van der Waals surface area contributed by atoms with Gasteiger partial charge in [-0.25, -0.2) is 9.67 Å². The van der Waals surface area contributed by atoms with Crippen molar-refractivity contribution in [3.05, 3.63) is 36.2 Å². The summed E-state index contributed by atoms with van der Waals surface area (Å²) >= 11 is 0. The zero-order valence-corrected chi connectivity index (χ0v) is 10.9. The van der Waals surface area contributed by atoms with Gasteiger partial charge in [-0.2, -0.15) is 0 Å². The van der Waals surface area contributed by atoms with Crippen molar-refractivity contribution in [1.82, 2.24) is 19.7 Å². The van der Waals surface area contributed by atoms with E-state index in [2.05, 4.69) is 10.1 Å². The van der Waals surface area contributed by atoms with Gasteiger partial charge in [0.1, 0.15) is 0 Å². The zero-order chi connectivity index (χ0) is 13.2. The fourth-order valence-electron chi connectivity index (χ4n) is 2.38. The molecule has 19 heavy (non-hydrogen) atoms. The van der Waals surface area contributed by atoms with Crippen LogP contribution in [0.5, 0.6) is 0 Å². The van der Waals surface area contributed by atoms with Crippen molar-refractivity contribution < 1.29 is 4.79 Å². The molecule has 0 atom stereocenters. The molecule has 1 aromatic heterocycles. The van der Waals surface area contributed by atoms with Crippen LogP contribution in [0, 0.1) is 0 Å². The van der Waals surface area contributed by atoms with Crippen molar-refractivity contribution in [2.75, 3.05) is 13.1 Å². The number of aromatic nitrogens is 3. The first-order chi connectivity index (χ1) is 9.25. The van der Waals surface area contributed by atoms with Gasteiger partial charge >= 0.3 is 0 Å². The van der Waals surface area contributed by atoms with E-state index in [0.29, 0.717) is 5.82 Å². The third-order valence-corrected chi connectivity index (χ3v) is 3.38. The van der Waals surface area contributed by atoms with E-state index < -0.39 is 0 Å². The summed E-state index contributed by atoms with van der Waals surface area (Å²) in [6, 6.07) is 9.79. The molecule has 5 heteroatoms. The quantitative estimate of drug-likeness (QED) is 0.822. The second kappa shape index (κ2) is 4.84. The van der Waals surface area contributed by atoms with Crippen LogP contribution in [0.3, 0.4) is 0 Å². The SMILES string of the molecule is Cn1nc(C(=O)N2CCCC2)nc1-c1ccccc1. The molecular weight excluding hydrogens is 240 g/mol. The van der Waals surface area contributed by atoms with Gasteiger partial charge in [-0.1, -0.05) is 30.3 Å². The standard InChI is InChI=1S/C14H16N4O/c1-17-13(11-7-3-2-4-8-11)15-12(16-17)14(19)18-9-5-6-10-18/h2-4,7-8H,5-6,9-10H2,1H3. The van der Waals surface area contributed by atoms with E-state index in [9.17, 15) is 4.79 Å². The second-order valence-electron chi connectivity index (χ2n) is 4.75. The first-order valence-corrected chi connectivity index (χ1v) is 6.51. The van der Waals surface area contributed by atoms with E-state index in [1.54, 1.807) is 4.68 Å². The van der Waals surface area contributed by atoms with Crippen molar-refractivity contribution in [3.8, 4) is 11.4 Å². The van der Waals surface area contributed by atoms with Crippen molar-refractivity contribution >= 4 is 5.91 Å².